The zero-order valence-electron chi connectivity index (χ0n) is 8.89. The maximum absolute atomic E-state index is 6.14. The summed E-state index contributed by atoms with van der Waals surface area (Å²) in [5, 5.41) is 0.619. The third kappa shape index (κ3) is 2.35. The zero-order valence-corrected chi connectivity index (χ0v) is 12.0. The second-order valence-electron chi connectivity index (χ2n) is 3.99. The van der Waals surface area contributed by atoms with Crippen molar-refractivity contribution in [3.63, 3.8) is 0 Å². The predicted molar refractivity (Wildman–Crippen MR) is 69.8 cm³/mol. The van der Waals surface area contributed by atoms with Crippen LogP contribution >= 0.6 is 46.1 Å². The highest BCUT2D eigenvalue weighted by Crippen LogP contribution is 2.56. The van der Waals surface area contributed by atoms with E-state index in [-0.39, 0.29) is 0 Å². The van der Waals surface area contributed by atoms with E-state index >= 15 is 0 Å². The molecule has 1 fully saturated rings. The molecule has 0 aliphatic heterocycles. The molecule has 0 radical (unpaired) electrons. The number of rotatable bonds is 4. The molecule has 2 nitrogen and oxygen atoms in total. The molecule has 6 heteroatoms. The molecule has 1 heterocycles. The molecule has 3 atom stereocenters. The van der Waals surface area contributed by atoms with Gasteiger partial charge in [-0.25, -0.2) is 0 Å². The first-order valence-corrected chi connectivity index (χ1v) is 6.93. The minimum absolute atomic E-state index is 0.292. The van der Waals surface area contributed by atoms with Crippen LogP contribution in [0, 0.1) is 5.92 Å². The fourth-order valence-corrected chi connectivity index (χ4v) is 4.14. The van der Waals surface area contributed by atoms with Crippen molar-refractivity contribution < 1.29 is 4.84 Å². The van der Waals surface area contributed by atoms with Gasteiger partial charge in [0.1, 0.15) is 4.34 Å². The molecule has 0 saturated heterocycles. The van der Waals surface area contributed by atoms with Crippen LogP contribution in [0.5, 0.6) is 0 Å². The van der Waals surface area contributed by atoms with E-state index in [1.54, 1.807) is 7.11 Å². The van der Waals surface area contributed by atoms with Gasteiger partial charge in [-0.15, -0.1) is 11.3 Å². The largest absolute Gasteiger partial charge is 0.305 e. The summed E-state index contributed by atoms with van der Waals surface area (Å²) < 4.78 is 1.30. The summed E-state index contributed by atoms with van der Waals surface area (Å²) >= 11 is 19.6. The first kappa shape index (κ1) is 12.9. The molecular formula is C10H12Cl3NOS. The van der Waals surface area contributed by atoms with Gasteiger partial charge in [0.2, 0.25) is 0 Å². The Kier molecular flexibility index (Phi) is 4.05. The Bertz CT molecular complexity index is 396. The summed E-state index contributed by atoms with van der Waals surface area (Å²) in [5.41, 5.74) is 3.94. The van der Waals surface area contributed by atoms with Crippen LogP contribution in [0.1, 0.15) is 24.8 Å². The number of hydrogen-bond acceptors (Lipinski definition) is 3. The number of halogens is 3. The van der Waals surface area contributed by atoms with Crippen molar-refractivity contribution in [1.82, 2.24) is 5.48 Å². The van der Waals surface area contributed by atoms with Crippen LogP contribution in [0.2, 0.25) is 13.7 Å². The van der Waals surface area contributed by atoms with E-state index in [1.165, 1.54) is 11.3 Å². The summed E-state index contributed by atoms with van der Waals surface area (Å²) in [5.74, 6) is 0.919. The van der Waals surface area contributed by atoms with Crippen molar-refractivity contribution in [2.24, 2.45) is 5.92 Å². The van der Waals surface area contributed by atoms with E-state index in [1.807, 2.05) is 0 Å². The van der Waals surface area contributed by atoms with Crippen molar-refractivity contribution >= 4 is 46.1 Å². The first-order chi connectivity index (χ1) is 7.56. The molecule has 0 aromatic carbocycles. The summed E-state index contributed by atoms with van der Waals surface area (Å²) in [6, 6.07) is 0.292. The van der Waals surface area contributed by atoms with Crippen LogP contribution < -0.4 is 5.48 Å². The third-order valence-corrected chi connectivity index (χ3v) is 5.20. The fraction of sp³-hybridized carbons (Fsp3) is 0.600. The van der Waals surface area contributed by atoms with Crippen molar-refractivity contribution in [1.29, 1.82) is 0 Å². The minimum atomic E-state index is 0.292. The molecule has 1 N–H and O–H groups in total. The van der Waals surface area contributed by atoms with E-state index in [9.17, 15) is 0 Å². The van der Waals surface area contributed by atoms with Crippen LogP contribution in [0.3, 0.4) is 0 Å². The Balaban J connectivity index is 2.11. The molecule has 16 heavy (non-hydrogen) atoms. The minimum Gasteiger partial charge on any atom is -0.305 e. The van der Waals surface area contributed by atoms with E-state index in [0.717, 1.165) is 12.0 Å². The average molecular weight is 301 g/mol. The van der Waals surface area contributed by atoms with E-state index in [2.05, 4.69) is 12.4 Å². The molecule has 1 aliphatic rings. The highest BCUT2D eigenvalue weighted by Gasteiger charge is 2.45. The Morgan fingerprint density at radius 2 is 2.06 bits per heavy atom. The molecule has 0 bridgehead atoms. The first-order valence-electron chi connectivity index (χ1n) is 4.98. The average Bonchev–Trinajstić information content (AvgIpc) is 2.93. The molecule has 1 saturated carbocycles. The van der Waals surface area contributed by atoms with E-state index in [0.29, 0.717) is 31.6 Å². The fourth-order valence-electron chi connectivity index (χ4n) is 2.05. The van der Waals surface area contributed by atoms with Crippen LogP contribution in [0.15, 0.2) is 0 Å². The number of hydrogen-bond donors (Lipinski definition) is 1. The maximum atomic E-state index is 6.14. The molecule has 90 valence electrons. The summed E-state index contributed by atoms with van der Waals surface area (Å²) in [4.78, 5) is 4.92. The van der Waals surface area contributed by atoms with Crippen molar-refractivity contribution in [3.8, 4) is 0 Å². The van der Waals surface area contributed by atoms with Crippen LogP contribution in [0.25, 0.3) is 0 Å². The number of thiophene rings is 1. The van der Waals surface area contributed by atoms with Gasteiger partial charge in [0.15, 0.2) is 0 Å². The SMILES string of the molecule is CONC(C)[C@@H]1C[C@H]1c1c(Cl)sc(Cl)c1Cl. The standard InChI is InChI=1S/C10H12Cl3NOS/c1-4(14-15-2)5-3-6(5)7-8(11)10(13)16-9(7)12/h4-6,14H,3H2,1-2H3/t4?,5-,6+/m0/s1. The Morgan fingerprint density at radius 1 is 1.38 bits per heavy atom. The Morgan fingerprint density at radius 3 is 2.56 bits per heavy atom. The zero-order chi connectivity index (χ0) is 11.9. The monoisotopic (exact) mass is 299 g/mol. The van der Waals surface area contributed by atoms with Gasteiger partial charge < -0.3 is 4.84 Å². The van der Waals surface area contributed by atoms with Gasteiger partial charge in [-0.3, -0.25) is 0 Å². The lowest BCUT2D eigenvalue weighted by Crippen LogP contribution is -2.27. The molecule has 1 aliphatic carbocycles. The van der Waals surface area contributed by atoms with Crippen LogP contribution in [-0.4, -0.2) is 13.2 Å². The van der Waals surface area contributed by atoms with Gasteiger partial charge in [-0.1, -0.05) is 34.8 Å². The highest BCUT2D eigenvalue weighted by molar-refractivity contribution is 7.20. The van der Waals surface area contributed by atoms with Crippen LogP contribution in [-0.2, 0) is 4.84 Å². The second kappa shape index (κ2) is 5.01. The molecular weight excluding hydrogens is 289 g/mol. The lowest BCUT2D eigenvalue weighted by Gasteiger charge is -2.11. The maximum Gasteiger partial charge on any atom is 0.113 e. The Labute approximate surface area is 114 Å². The number of hydroxylamine groups is 1. The molecule has 1 unspecified atom stereocenters. The van der Waals surface area contributed by atoms with Gasteiger partial charge in [-0.2, -0.15) is 5.48 Å². The smallest absolute Gasteiger partial charge is 0.113 e. The van der Waals surface area contributed by atoms with Gasteiger partial charge in [0, 0.05) is 11.6 Å². The topological polar surface area (TPSA) is 21.3 Å². The molecule has 0 spiro atoms. The summed E-state index contributed by atoms with van der Waals surface area (Å²) in [7, 11) is 1.62. The molecule has 1 aromatic rings. The summed E-state index contributed by atoms with van der Waals surface area (Å²) in [6.45, 7) is 2.09. The van der Waals surface area contributed by atoms with Gasteiger partial charge in [0.05, 0.1) is 16.5 Å². The summed E-state index contributed by atoms with van der Waals surface area (Å²) in [6.07, 6.45) is 1.07. The lowest BCUT2D eigenvalue weighted by atomic mass is 10.1. The molecule has 1 aromatic heterocycles. The van der Waals surface area contributed by atoms with Crippen molar-refractivity contribution in [2.45, 2.75) is 25.3 Å². The van der Waals surface area contributed by atoms with Crippen molar-refractivity contribution in [3.05, 3.63) is 19.3 Å². The normalized spacial score (nSPS) is 25.8. The van der Waals surface area contributed by atoms with Crippen molar-refractivity contribution in [2.75, 3.05) is 7.11 Å². The van der Waals surface area contributed by atoms with E-state index < -0.39 is 0 Å². The van der Waals surface area contributed by atoms with Gasteiger partial charge in [0.25, 0.3) is 0 Å². The van der Waals surface area contributed by atoms with Crippen LogP contribution in [0.4, 0.5) is 0 Å². The lowest BCUT2D eigenvalue weighted by molar-refractivity contribution is 0.0591. The predicted octanol–water partition coefficient (Wildman–Crippen LogP) is 4.35. The molecule has 2 rings (SSSR count). The van der Waals surface area contributed by atoms with E-state index in [4.69, 9.17) is 39.6 Å². The molecule has 0 amide bonds. The third-order valence-electron chi connectivity index (χ3n) is 2.96. The second-order valence-corrected chi connectivity index (χ2v) is 6.60. The Hall–Kier alpha value is 0.490. The van der Waals surface area contributed by atoms with Gasteiger partial charge >= 0.3 is 0 Å². The quantitative estimate of drug-likeness (QED) is 0.835. The highest BCUT2D eigenvalue weighted by atomic mass is 35.5. The van der Waals surface area contributed by atoms with Gasteiger partial charge in [-0.05, 0) is 25.2 Å². The number of nitrogens with one attached hydrogen (secondary N) is 1.